The molecule has 0 amide bonds. The molecule has 2 atom stereocenters. The third-order valence-corrected chi connectivity index (χ3v) is 3.49. The predicted molar refractivity (Wildman–Crippen MR) is 67.0 cm³/mol. The lowest BCUT2D eigenvalue weighted by Gasteiger charge is -2.14. The molecule has 4 heteroatoms. The topological polar surface area (TPSA) is 49.3 Å². The maximum absolute atomic E-state index is 13.6. The van der Waals surface area contributed by atoms with Crippen LogP contribution in [0.25, 0.3) is 0 Å². The molecule has 2 rings (SSSR count). The summed E-state index contributed by atoms with van der Waals surface area (Å²) in [5.41, 5.74) is 1.80. The zero-order chi connectivity index (χ0) is 13.3. The molecule has 2 N–H and O–H groups in total. The number of hydrogen-bond acceptors (Lipinski definition) is 2. The van der Waals surface area contributed by atoms with E-state index in [2.05, 4.69) is 5.32 Å². The van der Waals surface area contributed by atoms with Gasteiger partial charge in [-0.1, -0.05) is 19.9 Å². The highest BCUT2D eigenvalue weighted by atomic mass is 19.1. The van der Waals surface area contributed by atoms with Crippen LogP contribution in [-0.2, 0) is 4.79 Å². The quantitative estimate of drug-likeness (QED) is 0.868. The standard InChI is InChI=1S/C14H18FNO2/c1-8(2)9-3-10(5-12(15)4-9)13-6-11(7-16-13)14(17)18/h3-5,8,11,13,16H,6-7H2,1-2H3,(H,17,18). The number of carboxylic acids is 1. The van der Waals surface area contributed by atoms with Crippen LogP contribution in [0.5, 0.6) is 0 Å². The Bertz CT molecular complexity index is 459. The average Bonchev–Trinajstić information content (AvgIpc) is 2.77. The van der Waals surface area contributed by atoms with E-state index in [-0.39, 0.29) is 23.7 Å². The number of aliphatic carboxylic acids is 1. The largest absolute Gasteiger partial charge is 0.481 e. The van der Waals surface area contributed by atoms with Crippen molar-refractivity contribution in [1.29, 1.82) is 0 Å². The number of benzene rings is 1. The number of carbonyl (C=O) groups is 1. The van der Waals surface area contributed by atoms with Crippen LogP contribution in [0.1, 0.15) is 43.4 Å². The molecule has 0 aromatic heterocycles. The molecule has 3 nitrogen and oxygen atoms in total. The highest BCUT2D eigenvalue weighted by Gasteiger charge is 2.30. The lowest BCUT2D eigenvalue weighted by Crippen LogP contribution is -2.17. The van der Waals surface area contributed by atoms with Crippen LogP contribution in [0.4, 0.5) is 4.39 Å². The minimum absolute atomic E-state index is 0.0562. The van der Waals surface area contributed by atoms with Gasteiger partial charge in [0.05, 0.1) is 5.92 Å². The summed E-state index contributed by atoms with van der Waals surface area (Å²) < 4.78 is 13.6. The van der Waals surface area contributed by atoms with E-state index in [1.54, 1.807) is 0 Å². The van der Waals surface area contributed by atoms with E-state index in [4.69, 9.17) is 5.11 Å². The van der Waals surface area contributed by atoms with Crippen molar-refractivity contribution in [3.05, 3.63) is 35.1 Å². The van der Waals surface area contributed by atoms with E-state index < -0.39 is 5.97 Å². The molecule has 98 valence electrons. The molecule has 2 unspecified atom stereocenters. The second kappa shape index (κ2) is 5.06. The van der Waals surface area contributed by atoms with Gasteiger partial charge < -0.3 is 10.4 Å². The van der Waals surface area contributed by atoms with Gasteiger partial charge in [0.25, 0.3) is 0 Å². The van der Waals surface area contributed by atoms with E-state index in [1.807, 2.05) is 19.9 Å². The Hall–Kier alpha value is -1.42. The monoisotopic (exact) mass is 251 g/mol. The van der Waals surface area contributed by atoms with Crippen molar-refractivity contribution in [2.24, 2.45) is 5.92 Å². The summed E-state index contributed by atoms with van der Waals surface area (Å²) >= 11 is 0. The Balaban J connectivity index is 2.21. The van der Waals surface area contributed by atoms with E-state index in [0.29, 0.717) is 13.0 Å². The van der Waals surface area contributed by atoms with Gasteiger partial charge in [0, 0.05) is 12.6 Å². The fourth-order valence-corrected chi connectivity index (χ4v) is 2.35. The molecular formula is C14H18FNO2. The van der Waals surface area contributed by atoms with Crippen molar-refractivity contribution in [1.82, 2.24) is 5.32 Å². The molecule has 0 bridgehead atoms. The molecule has 1 saturated heterocycles. The van der Waals surface area contributed by atoms with Crippen LogP contribution in [0, 0.1) is 11.7 Å². The van der Waals surface area contributed by atoms with Crippen LogP contribution in [0.15, 0.2) is 18.2 Å². The molecule has 1 aromatic carbocycles. The van der Waals surface area contributed by atoms with Crippen molar-refractivity contribution in [2.75, 3.05) is 6.54 Å². The third kappa shape index (κ3) is 2.70. The lowest BCUT2D eigenvalue weighted by atomic mass is 9.95. The van der Waals surface area contributed by atoms with Crippen LogP contribution >= 0.6 is 0 Å². The normalized spacial score (nSPS) is 23.6. The first kappa shape index (κ1) is 13.0. The number of halogens is 1. The molecule has 1 aliphatic heterocycles. The van der Waals surface area contributed by atoms with Crippen molar-refractivity contribution in [3.8, 4) is 0 Å². The number of nitrogens with one attached hydrogen (secondary N) is 1. The number of carboxylic acid groups (broad SMARTS) is 1. The van der Waals surface area contributed by atoms with Crippen LogP contribution < -0.4 is 5.32 Å². The Morgan fingerprint density at radius 1 is 1.44 bits per heavy atom. The van der Waals surface area contributed by atoms with Gasteiger partial charge in [-0.05, 0) is 35.6 Å². The summed E-state index contributed by atoms with van der Waals surface area (Å²) in [5.74, 6) is -1.15. The van der Waals surface area contributed by atoms with Crippen LogP contribution in [0.3, 0.4) is 0 Å². The Morgan fingerprint density at radius 2 is 2.17 bits per heavy atom. The van der Waals surface area contributed by atoms with Crippen molar-refractivity contribution in [3.63, 3.8) is 0 Å². The van der Waals surface area contributed by atoms with Crippen molar-refractivity contribution >= 4 is 5.97 Å². The lowest BCUT2D eigenvalue weighted by molar-refractivity contribution is -0.141. The van der Waals surface area contributed by atoms with Crippen molar-refractivity contribution < 1.29 is 14.3 Å². The first-order valence-electron chi connectivity index (χ1n) is 6.24. The van der Waals surface area contributed by atoms with Gasteiger partial charge >= 0.3 is 5.97 Å². The molecule has 0 saturated carbocycles. The molecule has 1 heterocycles. The molecule has 0 aliphatic carbocycles. The van der Waals surface area contributed by atoms with E-state index in [9.17, 15) is 9.18 Å². The van der Waals surface area contributed by atoms with Crippen molar-refractivity contribution in [2.45, 2.75) is 32.2 Å². The highest BCUT2D eigenvalue weighted by molar-refractivity contribution is 5.70. The summed E-state index contributed by atoms with van der Waals surface area (Å²) in [6.07, 6.45) is 0.524. The highest BCUT2D eigenvalue weighted by Crippen LogP contribution is 2.29. The summed E-state index contributed by atoms with van der Waals surface area (Å²) in [5, 5.41) is 12.1. The predicted octanol–water partition coefficient (Wildman–Crippen LogP) is 2.68. The summed E-state index contributed by atoms with van der Waals surface area (Å²) in [7, 11) is 0. The van der Waals surface area contributed by atoms with Crippen LogP contribution in [-0.4, -0.2) is 17.6 Å². The minimum Gasteiger partial charge on any atom is -0.481 e. The molecule has 0 radical (unpaired) electrons. The van der Waals surface area contributed by atoms with Crippen LogP contribution in [0.2, 0.25) is 0 Å². The molecule has 1 aromatic rings. The van der Waals surface area contributed by atoms with E-state index >= 15 is 0 Å². The zero-order valence-electron chi connectivity index (χ0n) is 10.6. The van der Waals surface area contributed by atoms with Gasteiger partial charge in [0.1, 0.15) is 5.82 Å². The number of hydrogen-bond donors (Lipinski definition) is 2. The molecule has 0 spiro atoms. The summed E-state index contributed by atoms with van der Waals surface area (Å²) in [4.78, 5) is 10.9. The molecular weight excluding hydrogens is 233 g/mol. The molecule has 1 fully saturated rings. The van der Waals surface area contributed by atoms with Gasteiger partial charge in [-0.15, -0.1) is 0 Å². The maximum atomic E-state index is 13.6. The van der Waals surface area contributed by atoms with Gasteiger partial charge in [0.2, 0.25) is 0 Å². The molecule has 18 heavy (non-hydrogen) atoms. The first-order valence-corrected chi connectivity index (χ1v) is 6.24. The third-order valence-electron chi connectivity index (χ3n) is 3.49. The Labute approximate surface area is 106 Å². The summed E-state index contributed by atoms with van der Waals surface area (Å²) in [6.45, 7) is 4.48. The molecule has 1 aliphatic rings. The van der Waals surface area contributed by atoms with E-state index in [0.717, 1.165) is 11.1 Å². The fourth-order valence-electron chi connectivity index (χ4n) is 2.35. The Morgan fingerprint density at radius 3 is 2.72 bits per heavy atom. The zero-order valence-corrected chi connectivity index (χ0v) is 10.6. The fraction of sp³-hybridized carbons (Fsp3) is 0.500. The minimum atomic E-state index is -0.787. The smallest absolute Gasteiger partial charge is 0.307 e. The first-order chi connectivity index (χ1) is 8.47. The maximum Gasteiger partial charge on any atom is 0.307 e. The van der Waals surface area contributed by atoms with Gasteiger partial charge in [0.15, 0.2) is 0 Å². The SMILES string of the molecule is CC(C)c1cc(F)cc(C2CC(C(=O)O)CN2)c1. The number of rotatable bonds is 3. The van der Waals surface area contributed by atoms with E-state index in [1.165, 1.54) is 12.1 Å². The second-order valence-corrected chi connectivity index (χ2v) is 5.20. The summed E-state index contributed by atoms with van der Waals surface area (Å²) in [6, 6.07) is 4.95. The van der Waals surface area contributed by atoms with Gasteiger partial charge in [-0.2, -0.15) is 0 Å². The van der Waals surface area contributed by atoms with Gasteiger partial charge in [-0.25, -0.2) is 4.39 Å². The average molecular weight is 251 g/mol. The Kier molecular flexibility index (Phi) is 3.66. The van der Waals surface area contributed by atoms with Gasteiger partial charge in [-0.3, -0.25) is 4.79 Å². The second-order valence-electron chi connectivity index (χ2n) is 5.20.